The highest BCUT2D eigenvalue weighted by Crippen LogP contribution is 2.31. The number of amides is 2. The highest BCUT2D eigenvalue weighted by Gasteiger charge is 2.36. The summed E-state index contributed by atoms with van der Waals surface area (Å²) in [6, 6.07) is 24.2. The Bertz CT molecular complexity index is 1190. The molecule has 0 saturated carbocycles. The van der Waals surface area contributed by atoms with E-state index in [0.29, 0.717) is 28.8 Å². The third-order valence-electron chi connectivity index (χ3n) is 5.33. The van der Waals surface area contributed by atoms with Gasteiger partial charge in [0.2, 0.25) is 11.8 Å². The van der Waals surface area contributed by atoms with Crippen molar-refractivity contribution < 1.29 is 14.3 Å². The maximum atomic E-state index is 13.2. The summed E-state index contributed by atoms with van der Waals surface area (Å²) in [5.41, 5.74) is 2.32. The average Bonchev–Trinajstić information content (AvgIpc) is 2.85. The Morgan fingerprint density at radius 3 is 2.50 bits per heavy atom. The Morgan fingerprint density at radius 2 is 1.79 bits per heavy atom. The van der Waals surface area contributed by atoms with E-state index in [4.69, 9.17) is 21.3 Å². The van der Waals surface area contributed by atoms with Crippen molar-refractivity contribution in [3.8, 4) is 5.75 Å². The minimum atomic E-state index is -0.608. The quantitative estimate of drug-likeness (QED) is 0.468. The topological polar surface area (TPSA) is 71.0 Å². The summed E-state index contributed by atoms with van der Waals surface area (Å²) in [6.07, 6.45) is 0.734. The Hall–Kier alpha value is -3.29. The monoisotopic (exact) mass is 493 g/mol. The molecule has 0 aliphatic carbocycles. The van der Waals surface area contributed by atoms with Gasteiger partial charge in [0.1, 0.15) is 11.0 Å². The normalized spacial score (nSPS) is 17.0. The number of methoxy groups -OCH3 is 1. The number of halogens is 1. The summed E-state index contributed by atoms with van der Waals surface area (Å²) < 4.78 is 5.22. The van der Waals surface area contributed by atoms with Crippen LogP contribution in [0.3, 0.4) is 0 Å². The van der Waals surface area contributed by atoms with Crippen LogP contribution in [0.4, 0.5) is 11.4 Å². The molecule has 34 heavy (non-hydrogen) atoms. The number of anilines is 1. The van der Waals surface area contributed by atoms with Gasteiger partial charge in [0.15, 0.2) is 5.17 Å². The van der Waals surface area contributed by atoms with Crippen molar-refractivity contribution in [1.29, 1.82) is 0 Å². The Kier molecular flexibility index (Phi) is 7.87. The molecule has 0 spiro atoms. The van der Waals surface area contributed by atoms with Crippen molar-refractivity contribution in [1.82, 2.24) is 4.90 Å². The van der Waals surface area contributed by atoms with Gasteiger partial charge in [-0.25, -0.2) is 4.99 Å². The number of nitrogens with zero attached hydrogens (tertiary/aromatic N) is 2. The molecule has 4 rings (SSSR count). The van der Waals surface area contributed by atoms with E-state index in [1.807, 2.05) is 54.6 Å². The number of rotatable bonds is 7. The van der Waals surface area contributed by atoms with Gasteiger partial charge in [-0.1, -0.05) is 65.8 Å². The van der Waals surface area contributed by atoms with Crippen LogP contribution < -0.4 is 10.1 Å². The third kappa shape index (κ3) is 5.98. The van der Waals surface area contributed by atoms with Gasteiger partial charge in [0.25, 0.3) is 0 Å². The molecule has 1 heterocycles. The highest BCUT2D eigenvalue weighted by molar-refractivity contribution is 8.15. The number of aliphatic imine (C=N–C) groups is 1. The first-order valence-electron chi connectivity index (χ1n) is 10.8. The molecule has 1 aliphatic rings. The van der Waals surface area contributed by atoms with E-state index in [1.54, 1.807) is 36.3 Å². The van der Waals surface area contributed by atoms with Gasteiger partial charge in [-0.05, 0) is 48.4 Å². The van der Waals surface area contributed by atoms with Crippen molar-refractivity contribution in [2.45, 2.75) is 18.1 Å². The number of hydrogen-bond acceptors (Lipinski definition) is 5. The van der Waals surface area contributed by atoms with Crippen LogP contribution in [0.1, 0.15) is 12.0 Å². The molecule has 6 nitrogen and oxygen atoms in total. The third-order valence-corrected chi connectivity index (χ3v) is 6.85. The number of para-hydroxylation sites is 2. The number of nitrogens with one attached hydrogen (secondary N) is 1. The summed E-state index contributed by atoms with van der Waals surface area (Å²) in [6.45, 7) is 0.461. The number of carbonyl (C=O) groups is 2. The molecule has 1 fully saturated rings. The second-order valence-corrected chi connectivity index (χ2v) is 9.23. The fourth-order valence-electron chi connectivity index (χ4n) is 3.48. The van der Waals surface area contributed by atoms with E-state index in [2.05, 4.69) is 5.32 Å². The molecular formula is C26H24ClN3O3S. The van der Waals surface area contributed by atoms with Gasteiger partial charge < -0.3 is 10.1 Å². The number of amidine groups is 1. The first-order valence-corrected chi connectivity index (χ1v) is 12.1. The van der Waals surface area contributed by atoms with Gasteiger partial charge in [-0.2, -0.15) is 0 Å². The van der Waals surface area contributed by atoms with Gasteiger partial charge in [0.05, 0.1) is 23.5 Å². The van der Waals surface area contributed by atoms with Crippen molar-refractivity contribution >= 4 is 51.7 Å². The zero-order chi connectivity index (χ0) is 23.9. The fourth-order valence-corrected chi connectivity index (χ4v) is 4.79. The summed E-state index contributed by atoms with van der Waals surface area (Å²) in [4.78, 5) is 32.5. The van der Waals surface area contributed by atoms with E-state index in [1.165, 1.54) is 11.8 Å². The van der Waals surface area contributed by atoms with Crippen LogP contribution in [-0.2, 0) is 16.0 Å². The lowest BCUT2D eigenvalue weighted by molar-refractivity contribution is -0.129. The molecule has 1 saturated heterocycles. The lowest BCUT2D eigenvalue weighted by atomic mass is 10.1. The molecular weight excluding hydrogens is 470 g/mol. The average molecular weight is 494 g/mol. The predicted molar refractivity (Wildman–Crippen MR) is 138 cm³/mol. The van der Waals surface area contributed by atoms with Gasteiger partial charge >= 0.3 is 0 Å². The lowest BCUT2D eigenvalue weighted by Gasteiger charge is -2.32. The molecule has 0 radical (unpaired) electrons. The van der Waals surface area contributed by atoms with Crippen LogP contribution in [-0.4, -0.2) is 40.8 Å². The number of thioether (sulfide) groups is 1. The van der Waals surface area contributed by atoms with Crippen LogP contribution in [0.2, 0.25) is 5.02 Å². The van der Waals surface area contributed by atoms with Crippen LogP contribution in [0.15, 0.2) is 83.9 Å². The van der Waals surface area contributed by atoms with Crippen molar-refractivity contribution in [3.05, 3.63) is 89.4 Å². The van der Waals surface area contributed by atoms with Crippen molar-refractivity contribution in [2.24, 2.45) is 4.99 Å². The number of benzene rings is 3. The highest BCUT2D eigenvalue weighted by atomic mass is 35.5. The minimum Gasteiger partial charge on any atom is -0.497 e. The smallest absolute Gasteiger partial charge is 0.238 e. The molecule has 3 aromatic carbocycles. The van der Waals surface area contributed by atoms with Crippen LogP contribution >= 0.6 is 23.4 Å². The predicted octanol–water partition coefficient (Wildman–Crippen LogP) is 5.55. The zero-order valence-electron chi connectivity index (χ0n) is 18.6. The molecule has 1 unspecified atom stereocenters. The Labute approximate surface area is 208 Å². The molecule has 0 bridgehead atoms. The lowest BCUT2D eigenvalue weighted by Crippen LogP contribution is -2.46. The molecule has 2 amide bonds. The van der Waals surface area contributed by atoms with Gasteiger partial charge in [-0.3, -0.25) is 14.5 Å². The standard InChI is InChI=1S/C26H24ClN3O3S/c1-33-20-13-11-18(12-14-20)15-16-30-24(31)17-23(25(32)29-22-10-6-5-9-21(22)27)34-26(30)28-19-7-3-2-4-8-19/h2-14,23H,15-17H2,1H3,(H,29,32). The Morgan fingerprint density at radius 1 is 1.09 bits per heavy atom. The maximum Gasteiger partial charge on any atom is 0.238 e. The van der Waals surface area contributed by atoms with Crippen LogP contribution in [0.5, 0.6) is 5.75 Å². The molecule has 0 aromatic heterocycles. The molecule has 1 atom stereocenters. The first-order chi connectivity index (χ1) is 16.5. The van der Waals surface area contributed by atoms with E-state index in [9.17, 15) is 9.59 Å². The van der Waals surface area contributed by atoms with E-state index in [-0.39, 0.29) is 18.2 Å². The summed E-state index contributed by atoms with van der Waals surface area (Å²) in [5, 5.41) is 3.19. The molecule has 3 aromatic rings. The second-order valence-electron chi connectivity index (χ2n) is 7.65. The number of ether oxygens (including phenoxy) is 1. The second kappa shape index (κ2) is 11.2. The maximum absolute atomic E-state index is 13.2. The largest absolute Gasteiger partial charge is 0.497 e. The fraction of sp³-hybridized carbons (Fsp3) is 0.192. The minimum absolute atomic E-state index is 0.0807. The molecule has 1 N–H and O–H groups in total. The zero-order valence-corrected chi connectivity index (χ0v) is 20.2. The van der Waals surface area contributed by atoms with Crippen molar-refractivity contribution in [2.75, 3.05) is 19.0 Å². The number of hydrogen-bond donors (Lipinski definition) is 1. The number of carbonyl (C=O) groups excluding carboxylic acids is 2. The van der Waals surface area contributed by atoms with E-state index < -0.39 is 5.25 Å². The molecule has 8 heteroatoms. The summed E-state index contributed by atoms with van der Waals surface area (Å²) in [5.74, 6) is 0.371. The van der Waals surface area contributed by atoms with Gasteiger partial charge in [-0.15, -0.1) is 0 Å². The van der Waals surface area contributed by atoms with Crippen LogP contribution in [0.25, 0.3) is 0 Å². The van der Waals surface area contributed by atoms with E-state index >= 15 is 0 Å². The molecule has 174 valence electrons. The molecule has 1 aliphatic heterocycles. The first kappa shape index (κ1) is 23.9. The van der Waals surface area contributed by atoms with Crippen molar-refractivity contribution in [3.63, 3.8) is 0 Å². The summed E-state index contributed by atoms with van der Waals surface area (Å²) >= 11 is 7.48. The summed E-state index contributed by atoms with van der Waals surface area (Å²) in [7, 11) is 1.63. The van der Waals surface area contributed by atoms with E-state index in [0.717, 1.165) is 17.0 Å². The SMILES string of the molecule is COc1ccc(CCN2C(=O)CC(C(=O)Nc3ccccc3Cl)SC2=Nc2ccccc2)cc1. The van der Waals surface area contributed by atoms with Crippen LogP contribution in [0, 0.1) is 0 Å². The van der Waals surface area contributed by atoms with Gasteiger partial charge in [0, 0.05) is 13.0 Å². The Balaban J connectivity index is 1.53.